The molecule has 0 heterocycles. The van der Waals surface area contributed by atoms with Crippen LogP contribution in [-0.2, 0) is 0 Å². The molecule has 1 aromatic carbocycles. The van der Waals surface area contributed by atoms with E-state index in [1.807, 2.05) is 44.7 Å². The number of rotatable bonds is 3. The number of amides is 2. The number of hydrogen-bond donors (Lipinski definition) is 2. The fourth-order valence-electron chi connectivity index (χ4n) is 1.61. The molecule has 0 aliphatic rings. The van der Waals surface area contributed by atoms with E-state index in [1.54, 1.807) is 0 Å². The lowest BCUT2D eigenvalue weighted by molar-refractivity contribution is 0.250. The normalized spacial score (nSPS) is 11.5. The first kappa shape index (κ1) is 15.9. The van der Waals surface area contributed by atoms with Crippen molar-refractivity contribution in [1.82, 2.24) is 5.32 Å². The number of anilines is 1. The van der Waals surface area contributed by atoms with Crippen molar-refractivity contribution in [1.29, 1.82) is 0 Å². The standard InChI is InChI=1S/C15H24N2OS/c1-10(2)16-14(18)17-13-8-7-12(9-11(13)3)19-15(4,5)6/h7-10H,1-6H3,(H2,16,17,18). The third-order valence-electron chi connectivity index (χ3n) is 2.29. The van der Waals surface area contributed by atoms with E-state index >= 15 is 0 Å². The Labute approximate surface area is 120 Å². The van der Waals surface area contributed by atoms with Crippen LogP contribution in [0.5, 0.6) is 0 Å². The number of urea groups is 1. The number of benzene rings is 1. The summed E-state index contributed by atoms with van der Waals surface area (Å²) in [5, 5.41) is 5.69. The van der Waals surface area contributed by atoms with Gasteiger partial charge >= 0.3 is 6.03 Å². The molecule has 0 unspecified atom stereocenters. The largest absolute Gasteiger partial charge is 0.336 e. The van der Waals surface area contributed by atoms with Gasteiger partial charge in [0.2, 0.25) is 0 Å². The van der Waals surface area contributed by atoms with Gasteiger partial charge < -0.3 is 10.6 Å². The maximum atomic E-state index is 11.7. The van der Waals surface area contributed by atoms with Gasteiger partial charge in [-0.15, -0.1) is 11.8 Å². The van der Waals surface area contributed by atoms with Gasteiger partial charge in [0.25, 0.3) is 0 Å². The summed E-state index contributed by atoms with van der Waals surface area (Å²) in [5.41, 5.74) is 1.93. The molecule has 0 aliphatic carbocycles. The number of thioether (sulfide) groups is 1. The van der Waals surface area contributed by atoms with E-state index in [0.29, 0.717) is 0 Å². The van der Waals surface area contributed by atoms with Crippen LogP contribution in [0.15, 0.2) is 23.1 Å². The van der Waals surface area contributed by atoms with Crippen LogP contribution < -0.4 is 10.6 Å². The van der Waals surface area contributed by atoms with Gasteiger partial charge in [-0.3, -0.25) is 0 Å². The topological polar surface area (TPSA) is 41.1 Å². The van der Waals surface area contributed by atoms with Crippen LogP contribution in [0.1, 0.15) is 40.2 Å². The smallest absolute Gasteiger partial charge is 0.319 e. The number of aryl methyl sites for hydroxylation is 1. The molecule has 0 atom stereocenters. The fourth-order valence-corrected chi connectivity index (χ4v) is 2.69. The van der Waals surface area contributed by atoms with Gasteiger partial charge in [0.15, 0.2) is 0 Å². The Morgan fingerprint density at radius 3 is 2.37 bits per heavy atom. The van der Waals surface area contributed by atoms with Gasteiger partial charge in [-0.2, -0.15) is 0 Å². The van der Waals surface area contributed by atoms with E-state index in [2.05, 4.69) is 37.5 Å². The van der Waals surface area contributed by atoms with Gasteiger partial charge in [-0.05, 0) is 44.5 Å². The third kappa shape index (κ3) is 6.01. The number of hydrogen-bond acceptors (Lipinski definition) is 2. The van der Waals surface area contributed by atoms with E-state index < -0.39 is 0 Å². The van der Waals surface area contributed by atoms with Crippen molar-refractivity contribution in [2.75, 3.05) is 5.32 Å². The molecule has 1 rings (SSSR count). The first-order chi connectivity index (χ1) is 8.67. The van der Waals surface area contributed by atoms with Gasteiger partial charge in [0.1, 0.15) is 0 Å². The van der Waals surface area contributed by atoms with Crippen molar-refractivity contribution < 1.29 is 4.79 Å². The lowest BCUT2D eigenvalue weighted by Gasteiger charge is -2.19. The highest BCUT2D eigenvalue weighted by Crippen LogP contribution is 2.33. The summed E-state index contributed by atoms with van der Waals surface area (Å²) in [6.45, 7) is 12.5. The second kappa shape index (κ2) is 6.33. The number of nitrogens with one attached hydrogen (secondary N) is 2. The first-order valence-corrected chi connectivity index (χ1v) is 7.36. The summed E-state index contributed by atoms with van der Waals surface area (Å²) >= 11 is 1.82. The molecule has 3 nitrogen and oxygen atoms in total. The lowest BCUT2D eigenvalue weighted by Crippen LogP contribution is -2.34. The summed E-state index contributed by atoms with van der Waals surface area (Å²) in [7, 11) is 0. The minimum Gasteiger partial charge on any atom is -0.336 e. The van der Waals surface area contributed by atoms with Crippen LogP contribution in [0.4, 0.5) is 10.5 Å². The Morgan fingerprint density at radius 1 is 1.26 bits per heavy atom. The first-order valence-electron chi connectivity index (χ1n) is 6.54. The Morgan fingerprint density at radius 2 is 1.89 bits per heavy atom. The minimum absolute atomic E-state index is 0.135. The SMILES string of the molecule is Cc1cc(SC(C)(C)C)ccc1NC(=O)NC(C)C. The Kier molecular flexibility index (Phi) is 5.29. The highest BCUT2D eigenvalue weighted by Gasteiger charge is 2.13. The van der Waals surface area contributed by atoms with Crippen LogP contribution in [0.25, 0.3) is 0 Å². The number of carbonyl (C=O) groups is 1. The quantitative estimate of drug-likeness (QED) is 0.805. The molecule has 0 saturated carbocycles. The molecule has 4 heteroatoms. The number of carbonyl (C=O) groups excluding carboxylic acids is 1. The summed E-state index contributed by atoms with van der Waals surface area (Å²) < 4.78 is 0.191. The predicted molar refractivity (Wildman–Crippen MR) is 84.1 cm³/mol. The monoisotopic (exact) mass is 280 g/mol. The Hall–Kier alpha value is -1.16. The molecule has 0 bridgehead atoms. The molecule has 106 valence electrons. The predicted octanol–water partition coefficient (Wildman–Crippen LogP) is 4.42. The second-order valence-electron chi connectivity index (χ2n) is 5.94. The molecule has 2 amide bonds. The fraction of sp³-hybridized carbons (Fsp3) is 0.533. The second-order valence-corrected chi connectivity index (χ2v) is 7.84. The average molecular weight is 280 g/mol. The summed E-state index contributed by atoms with van der Waals surface area (Å²) in [5.74, 6) is 0. The van der Waals surface area contributed by atoms with Crippen LogP contribution in [0.3, 0.4) is 0 Å². The van der Waals surface area contributed by atoms with E-state index in [9.17, 15) is 4.79 Å². The van der Waals surface area contributed by atoms with Gasteiger partial charge in [0.05, 0.1) is 0 Å². The van der Waals surface area contributed by atoms with Gasteiger partial charge in [0, 0.05) is 21.4 Å². The Bertz CT molecular complexity index is 450. The molecule has 0 fully saturated rings. The van der Waals surface area contributed by atoms with E-state index in [1.165, 1.54) is 4.90 Å². The molecule has 0 saturated heterocycles. The highest BCUT2D eigenvalue weighted by atomic mass is 32.2. The van der Waals surface area contributed by atoms with Crippen LogP contribution >= 0.6 is 11.8 Å². The van der Waals surface area contributed by atoms with Crippen LogP contribution in [0, 0.1) is 6.92 Å². The third-order valence-corrected chi connectivity index (χ3v) is 3.39. The van der Waals surface area contributed by atoms with Crippen LogP contribution in [-0.4, -0.2) is 16.8 Å². The van der Waals surface area contributed by atoms with Crippen LogP contribution in [0.2, 0.25) is 0 Å². The summed E-state index contributed by atoms with van der Waals surface area (Å²) in [4.78, 5) is 12.9. The van der Waals surface area contributed by atoms with E-state index in [0.717, 1.165) is 11.3 Å². The maximum absolute atomic E-state index is 11.7. The molecular weight excluding hydrogens is 256 g/mol. The molecule has 1 aromatic rings. The zero-order valence-electron chi connectivity index (χ0n) is 12.6. The molecule has 19 heavy (non-hydrogen) atoms. The zero-order chi connectivity index (χ0) is 14.6. The van der Waals surface area contributed by atoms with Gasteiger partial charge in [-0.1, -0.05) is 20.8 Å². The van der Waals surface area contributed by atoms with Crippen molar-refractivity contribution in [3.63, 3.8) is 0 Å². The molecular formula is C15H24N2OS. The molecule has 0 aromatic heterocycles. The lowest BCUT2D eigenvalue weighted by atomic mass is 10.2. The summed E-state index contributed by atoms with van der Waals surface area (Å²) in [6.07, 6.45) is 0. The minimum atomic E-state index is -0.158. The molecule has 0 radical (unpaired) electrons. The molecule has 2 N–H and O–H groups in total. The zero-order valence-corrected chi connectivity index (χ0v) is 13.4. The van der Waals surface area contributed by atoms with Crippen molar-refractivity contribution >= 4 is 23.5 Å². The van der Waals surface area contributed by atoms with E-state index in [4.69, 9.17) is 0 Å². The highest BCUT2D eigenvalue weighted by molar-refractivity contribution is 8.00. The van der Waals surface area contributed by atoms with Crippen molar-refractivity contribution in [2.24, 2.45) is 0 Å². The maximum Gasteiger partial charge on any atom is 0.319 e. The van der Waals surface area contributed by atoms with Crippen molar-refractivity contribution in [3.8, 4) is 0 Å². The summed E-state index contributed by atoms with van der Waals surface area (Å²) in [6, 6.07) is 6.10. The molecule has 0 aliphatic heterocycles. The Balaban J connectivity index is 2.75. The van der Waals surface area contributed by atoms with Crippen molar-refractivity contribution in [3.05, 3.63) is 23.8 Å². The van der Waals surface area contributed by atoms with E-state index in [-0.39, 0.29) is 16.8 Å². The average Bonchev–Trinajstić information content (AvgIpc) is 2.18. The van der Waals surface area contributed by atoms with Crippen molar-refractivity contribution in [2.45, 2.75) is 57.2 Å². The molecule has 0 spiro atoms. The van der Waals surface area contributed by atoms with Gasteiger partial charge in [-0.25, -0.2) is 4.79 Å².